The minimum Gasteiger partial charge on any atom is -0.350 e. The zero-order valence-corrected chi connectivity index (χ0v) is 18.2. The lowest BCUT2D eigenvalue weighted by molar-refractivity contribution is -0.148. The van der Waals surface area contributed by atoms with Gasteiger partial charge in [0.25, 0.3) is 5.91 Å². The van der Waals surface area contributed by atoms with Gasteiger partial charge < -0.3 is 20.4 Å². The Morgan fingerprint density at radius 1 is 1.34 bits per heavy atom. The molecule has 3 aliphatic rings. The molecule has 0 unspecified atom stereocenters. The molecule has 2 amide bonds. The summed E-state index contributed by atoms with van der Waals surface area (Å²) < 4.78 is 0. The number of amides is 2. The molecule has 2 N–H and O–H groups in total. The quantitative estimate of drug-likeness (QED) is 0.752. The topological polar surface area (TPSA) is 90.5 Å². The minimum atomic E-state index is -0.172. The molecular formula is C20H31ClN6O2. The van der Waals surface area contributed by atoms with E-state index in [-0.39, 0.29) is 30.3 Å². The average molecular weight is 423 g/mol. The van der Waals surface area contributed by atoms with Gasteiger partial charge >= 0.3 is 0 Å². The van der Waals surface area contributed by atoms with Crippen LogP contribution in [0.25, 0.3) is 0 Å². The van der Waals surface area contributed by atoms with E-state index in [1.807, 2.05) is 25.9 Å². The van der Waals surface area contributed by atoms with E-state index in [1.54, 1.807) is 6.20 Å². The molecule has 4 atom stereocenters. The summed E-state index contributed by atoms with van der Waals surface area (Å²) in [6.07, 6.45) is 5.42. The largest absolute Gasteiger partial charge is 0.350 e. The molecule has 8 nitrogen and oxygen atoms in total. The van der Waals surface area contributed by atoms with Gasteiger partial charge in [0.15, 0.2) is 0 Å². The van der Waals surface area contributed by atoms with Crippen LogP contribution in [0.1, 0.15) is 41.7 Å². The fraction of sp³-hybridized carbons (Fsp3) is 0.700. The molecule has 3 saturated heterocycles. The first kappa shape index (κ1) is 21.8. The van der Waals surface area contributed by atoms with Gasteiger partial charge in [0.05, 0.1) is 17.3 Å². The van der Waals surface area contributed by atoms with E-state index in [2.05, 4.69) is 25.5 Å². The number of nitrogens with one attached hydrogen (secondary N) is 2. The first-order chi connectivity index (χ1) is 13.5. The summed E-state index contributed by atoms with van der Waals surface area (Å²) in [4.78, 5) is 38.1. The predicted octanol–water partition coefficient (Wildman–Crippen LogP) is 0.992. The molecule has 0 spiro atoms. The molecular weight excluding hydrogens is 392 g/mol. The average Bonchev–Trinajstić information content (AvgIpc) is 2.68. The van der Waals surface area contributed by atoms with Crippen LogP contribution >= 0.6 is 12.4 Å². The third-order valence-corrected chi connectivity index (χ3v) is 6.48. The van der Waals surface area contributed by atoms with Gasteiger partial charge in [0, 0.05) is 45.8 Å². The number of piperidine rings is 3. The molecule has 2 bridgehead atoms. The number of carbonyl (C=O) groups excluding carboxylic acids is 2. The van der Waals surface area contributed by atoms with E-state index in [0.717, 1.165) is 32.4 Å². The van der Waals surface area contributed by atoms with E-state index in [9.17, 15) is 9.59 Å². The number of aryl methyl sites for hydroxylation is 1. The van der Waals surface area contributed by atoms with E-state index >= 15 is 0 Å². The molecule has 9 heteroatoms. The molecule has 1 aromatic heterocycles. The molecule has 4 rings (SSSR count). The number of aromatic nitrogens is 2. The minimum absolute atomic E-state index is 0. The Bertz CT molecular complexity index is 773. The Balaban J connectivity index is 0.00000240. The highest BCUT2D eigenvalue weighted by molar-refractivity contribution is 5.95. The zero-order chi connectivity index (χ0) is 19.8. The van der Waals surface area contributed by atoms with Crippen LogP contribution in [0.2, 0.25) is 0 Å². The second kappa shape index (κ2) is 8.83. The lowest BCUT2D eigenvalue weighted by atomic mass is 9.72. The van der Waals surface area contributed by atoms with Gasteiger partial charge in [-0.15, -0.1) is 12.4 Å². The maximum absolute atomic E-state index is 12.8. The lowest BCUT2D eigenvalue weighted by Gasteiger charge is -2.54. The molecule has 4 heterocycles. The smallest absolute Gasteiger partial charge is 0.254 e. The van der Waals surface area contributed by atoms with Gasteiger partial charge in [-0.3, -0.25) is 9.59 Å². The Morgan fingerprint density at radius 2 is 2.10 bits per heavy atom. The molecule has 1 aromatic rings. The highest BCUT2D eigenvalue weighted by atomic mass is 35.5. The number of hydrogen-bond acceptors (Lipinski definition) is 6. The Labute approximate surface area is 178 Å². The van der Waals surface area contributed by atoms with Crippen molar-refractivity contribution in [2.45, 2.75) is 44.7 Å². The van der Waals surface area contributed by atoms with E-state index in [4.69, 9.17) is 0 Å². The number of halogens is 1. The van der Waals surface area contributed by atoms with Crippen molar-refractivity contribution < 1.29 is 9.59 Å². The van der Waals surface area contributed by atoms with E-state index < -0.39 is 0 Å². The summed E-state index contributed by atoms with van der Waals surface area (Å²) in [5.74, 6) is 1.61. The highest BCUT2D eigenvalue weighted by Crippen LogP contribution is 2.39. The maximum atomic E-state index is 12.8. The van der Waals surface area contributed by atoms with Crippen LogP contribution in [-0.2, 0) is 4.79 Å². The maximum Gasteiger partial charge on any atom is 0.254 e. The molecule has 3 fully saturated rings. The van der Waals surface area contributed by atoms with Crippen molar-refractivity contribution in [3.05, 3.63) is 17.5 Å². The van der Waals surface area contributed by atoms with Crippen molar-refractivity contribution in [1.29, 1.82) is 0 Å². The summed E-state index contributed by atoms with van der Waals surface area (Å²) in [5.41, 5.74) is 1.15. The number of carbonyl (C=O) groups is 2. The number of rotatable bonds is 4. The molecule has 0 radical (unpaired) electrons. The number of fused-ring (bicyclic) bond motifs is 4. The number of anilines is 1. The van der Waals surface area contributed by atoms with Crippen LogP contribution in [0.4, 0.5) is 5.95 Å². The fourth-order valence-electron chi connectivity index (χ4n) is 5.08. The van der Waals surface area contributed by atoms with Gasteiger partial charge in [-0.25, -0.2) is 9.97 Å². The zero-order valence-electron chi connectivity index (χ0n) is 17.4. The van der Waals surface area contributed by atoms with Crippen LogP contribution in [0.3, 0.4) is 0 Å². The van der Waals surface area contributed by atoms with Gasteiger partial charge in [0.2, 0.25) is 11.9 Å². The van der Waals surface area contributed by atoms with Crippen molar-refractivity contribution in [2.75, 3.05) is 38.6 Å². The standard InChI is InChI=1S/C20H30N6O2.ClH/c1-12-15(10-23-20(24-12)25(2)3)19(28)22-11-17-14-7-13(8-21-9-14)16-5-4-6-18(27)26(16)17;/h10,13-14,16-17,21H,4-9,11H2,1-3H3,(H,22,28);1H/t13-,14+,16+,17+;/m1./s1. The Hall–Kier alpha value is -1.93. The molecule has 160 valence electrons. The monoisotopic (exact) mass is 422 g/mol. The SMILES string of the molecule is Cc1nc(N(C)C)ncc1C(=O)NC[C@H]1[C@@H]2CNC[C@@H](C2)[C@@H]2CCCC(=O)N21.Cl. The van der Waals surface area contributed by atoms with Crippen molar-refractivity contribution >= 4 is 30.2 Å². The predicted molar refractivity (Wildman–Crippen MR) is 113 cm³/mol. The summed E-state index contributed by atoms with van der Waals surface area (Å²) in [6.45, 7) is 4.21. The molecule has 0 saturated carbocycles. The molecule has 3 aliphatic heterocycles. The Morgan fingerprint density at radius 3 is 2.83 bits per heavy atom. The first-order valence-electron chi connectivity index (χ1n) is 10.3. The van der Waals surface area contributed by atoms with Crippen molar-refractivity contribution in [3.63, 3.8) is 0 Å². The van der Waals surface area contributed by atoms with Gasteiger partial charge in [-0.2, -0.15) is 0 Å². The van der Waals surface area contributed by atoms with Crippen molar-refractivity contribution in [2.24, 2.45) is 11.8 Å². The third-order valence-electron chi connectivity index (χ3n) is 6.48. The summed E-state index contributed by atoms with van der Waals surface area (Å²) in [7, 11) is 3.74. The highest BCUT2D eigenvalue weighted by Gasteiger charge is 2.47. The summed E-state index contributed by atoms with van der Waals surface area (Å²) in [6, 6.07) is 0.379. The van der Waals surface area contributed by atoms with Crippen LogP contribution in [0, 0.1) is 18.8 Å². The Kier molecular flexibility index (Phi) is 6.63. The molecule has 0 aromatic carbocycles. The number of nitrogens with zero attached hydrogens (tertiary/aromatic N) is 4. The summed E-state index contributed by atoms with van der Waals surface area (Å²) in [5, 5.41) is 6.60. The number of hydrogen-bond donors (Lipinski definition) is 2. The second-order valence-electron chi connectivity index (χ2n) is 8.52. The third kappa shape index (κ3) is 4.19. The fourth-order valence-corrected chi connectivity index (χ4v) is 5.08. The van der Waals surface area contributed by atoms with E-state index in [0.29, 0.717) is 48.0 Å². The van der Waals surface area contributed by atoms with Crippen LogP contribution in [0.5, 0.6) is 0 Å². The first-order valence-corrected chi connectivity index (χ1v) is 10.3. The van der Waals surface area contributed by atoms with Gasteiger partial charge in [-0.05, 0) is 44.6 Å². The van der Waals surface area contributed by atoms with Crippen LogP contribution in [0.15, 0.2) is 6.20 Å². The lowest BCUT2D eigenvalue weighted by Crippen LogP contribution is -2.66. The second-order valence-corrected chi connectivity index (χ2v) is 8.52. The normalized spacial score (nSPS) is 28.2. The van der Waals surface area contributed by atoms with Crippen LogP contribution < -0.4 is 15.5 Å². The van der Waals surface area contributed by atoms with Crippen molar-refractivity contribution in [1.82, 2.24) is 25.5 Å². The van der Waals surface area contributed by atoms with Crippen LogP contribution in [-0.4, -0.2) is 72.5 Å². The van der Waals surface area contributed by atoms with E-state index in [1.165, 1.54) is 0 Å². The molecule has 29 heavy (non-hydrogen) atoms. The summed E-state index contributed by atoms with van der Waals surface area (Å²) >= 11 is 0. The van der Waals surface area contributed by atoms with Gasteiger partial charge in [0.1, 0.15) is 0 Å². The molecule has 0 aliphatic carbocycles. The van der Waals surface area contributed by atoms with Crippen molar-refractivity contribution in [3.8, 4) is 0 Å². The van der Waals surface area contributed by atoms with Gasteiger partial charge in [-0.1, -0.05) is 0 Å².